The molecule has 0 bridgehead atoms. The van der Waals surface area contributed by atoms with Gasteiger partial charge in [-0.05, 0) is 86.5 Å². The number of hydrogen-bond acceptors (Lipinski definition) is 5. The second-order valence-corrected chi connectivity index (χ2v) is 9.66. The average Bonchev–Trinajstić information content (AvgIpc) is 2.96. The number of oxime groups is 2. The summed E-state index contributed by atoms with van der Waals surface area (Å²) < 4.78 is 0. The molecule has 144 valence electrons. The molecule has 3 N–H and O–H groups in total. The number of hydrogen-bond donors (Lipinski definition) is 3. The van der Waals surface area contributed by atoms with Crippen LogP contribution in [-0.2, 0) is 0 Å². The van der Waals surface area contributed by atoms with Crippen molar-refractivity contribution in [1.29, 1.82) is 0 Å². The summed E-state index contributed by atoms with van der Waals surface area (Å²) in [4.78, 5) is 0. The maximum Gasteiger partial charge on any atom is 0.0795 e. The summed E-state index contributed by atoms with van der Waals surface area (Å²) >= 11 is 0. The van der Waals surface area contributed by atoms with Gasteiger partial charge in [-0.2, -0.15) is 0 Å². The lowest BCUT2D eigenvalue weighted by atomic mass is 9.46. The van der Waals surface area contributed by atoms with E-state index < -0.39 is 0 Å². The molecule has 4 aliphatic rings. The molecule has 0 aliphatic heterocycles. The van der Waals surface area contributed by atoms with E-state index in [4.69, 9.17) is 0 Å². The van der Waals surface area contributed by atoms with Crippen molar-refractivity contribution < 1.29 is 15.5 Å². The van der Waals surface area contributed by atoms with Gasteiger partial charge < -0.3 is 15.5 Å². The van der Waals surface area contributed by atoms with Crippen LogP contribution in [0.3, 0.4) is 0 Å². The van der Waals surface area contributed by atoms with Gasteiger partial charge in [-0.1, -0.05) is 29.7 Å². The van der Waals surface area contributed by atoms with Crippen LogP contribution in [0.2, 0.25) is 0 Å². The Hall–Kier alpha value is -1.36. The number of nitrogens with zero attached hydrogens (tertiary/aromatic N) is 2. The van der Waals surface area contributed by atoms with Crippen molar-refractivity contribution in [2.45, 2.75) is 71.8 Å². The molecule has 4 aliphatic carbocycles. The lowest BCUT2D eigenvalue weighted by Gasteiger charge is -2.60. The Balaban J connectivity index is 1.70. The molecule has 5 heteroatoms. The first-order chi connectivity index (χ1) is 12.3. The first-order valence-corrected chi connectivity index (χ1v) is 10.1. The van der Waals surface area contributed by atoms with E-state index in [1.54, 1.807) is 0 Å². The zero-order valence-electron chi connectivity index (χ0n) is 16.1. The minimum Gasteiger partial charge on any atom is -0.411 e. The first kappa shape index (κ1) is 18.0. The fourth-order valence-electron chi connectivity index (χ4n) is 7.53. The van der Waals surface area contributed by atoms with E-state index in [2.05, 4.69) is 30.2 Å². The van der Waals surface area contributed by atoms with Gasteiger partial charge in [-0.3, -0.25) is 0 Å². The van der Waals surface area contributed by atoms with Crippen LogP contribution in [0.4, 0.5) is 0 Å². The fraction of sp³-hybridized carbons (Fsp3) is 0.810. The molecule has 26 heavy (non-hydrogen) atoms. The molecule has 0 aromatic carbocycles. The van der Waals surface area contributed by atoms with Gasteiger partial charge >= 0.3 is 0 Å². The largest absolute Gasteiger partial charge is 0.411 e. The molecule has 4 rings (SSSR count). The van der Waals surface area contributed by atoms with Gasteiger partial charge in [0.15, 0.2) is 0 Å². The number of fused-ring (bicyclic) bond motifs is 5. The lowest BCUT2D eigenvalue weighted by Crippen LogP contribution is -2.57. The van der Waals surface area contributed by atoms with Crippen LogP contribution in [0.5, 0.6) is 0 Å². The van der Waals surface area contributed by atoms with Gasteiger partial charge in [0.05, 0.1) is 17.5 Å². The highest BCUT2D eigenvalue weighted by molar-refractivity contribution is 5.96. The van der Waals surface area contributed by atoms with Gasteiger partial charge in [0.25, 0.3) is 0 Å². The molecule has 0 heterocycles. The molecule has 0 amide bonds. The Morgan fingerprint density at radius 3 is 2.62 bits per heavy atom. The Morgan fingerprint density at radius 2 is 1.92 bits per heavy atom. The van der Waals surface area contributed by atoms with Gasteiger partial charge in [0.1, 0.15) is 0 Å². The van der Waals surface area contributed by atoms with Crippen molar-refractivity contribution in [1.82, 2.24) is 0 Å². The molecular formula is C21H32N2O3. The summed E-state index contributed by atoms with van der Waals surface area (Å²) in [5.74, 6) is 1.67. The van der Waals surface area contributed by atoms with Crippen molar-refractivity contribution in [2.75, 3.05) is 0 Å². The quantitative estimate of drug-likeness (QED) is 0.372. The lowest BCUT2D eigenvalue weighted by molar-refractivity contribution is -0.121. The maximum atomic E-state index is 11.3. The first-order valence-electron chi connectivity index (χ1n) is 10.1. The molecule has 0 unspecified atom stereocenters. The maximum absolute atomic E-state index is 11.3. The van der Waals surface area contributed by atoms with E-state index >= 15 is 0 Å². The van der Waals surface area contributed by atoms with Crippen LogP contribution >= 0.6 is 0 Å². The molecule has 0 radical (unpaired) electrons. The minimum absolute atomic E-state index is 0.00997. The monoisotopic (exact) mass is 360 g/mol. The number of rotatable bonds is 1. The fourth-order valence-corrected chi connectivity index (χ4v) is 7.53. The highest BCUT2D eigenvalue weighted by Gasteiger charge is 2.62. The molecule has 3 fully saturated rings. The zero-order valence-corrected chi connectivity index (χ0v) is 16.1. The van der Waals surface area contributed by atoms with Crippen molar-refractivity contribution in [2.24, 2.45) is 44.8 Å². The smallest absolute Gasteiger partial charge is 0.0795 e. The van der Waals surface area contributed by atoms with Gasteiger partial charge in [0, 0.05) is 5.92 Å². The topological polar surface area (TPSA) is 85.4 Å². The third-order valence-electron chi connectivity index (χ3n) is 8.70. The summed E-state index contributed by atoms with van der Waals surface area (Å²) in [6.45, 7) is 6.56. The average molecular weight is 360 g/mol. The minimum atomic E-state index is -0.324. The molecule has 0 aromatic rings. The van der Waals surface area contributed by atoms with Crippen LogP contribution in [0.15, 0.2) is 22.0 Å². The number of aliphatic hydroxyl groups is 1. The predicted molar refractivity (Wildman–Crippen MR) is 101 cm³/mol. The number of aliphatic hydroxyl groups excluding tert-OH is 1. The van der Waals surface area contributed by atoms with Gasteiger partial charge in [-0.25, -0.2) is 0 Å². The summed E-state index contributed by atoms with van der Waals surface area (Å²) in [6, 6.07) is 0. The van der Waals surface area contributed by atoms with Gasteiger partial charge in [0.2, 0.25) is 0 Å². The Labute approximate surface area is 155 Å². The van der Waals surface area contributed by atoms with Crippen molar-refractivity contribution >= 4 is 11.4 Å². The molecule has 0 saturated heterocycles. The molecule has 7 atom stereocenters. The Bertz CT molecular complexity index is 685. The van der Waals surface area contributed by atoms with Crippen molar-refractivity contribution in [3.05, 3.63) is 11.6 Å². The summed E-state index contributed by atoms with van der Waals surface area (Å²) in [7, 11) is 0. The second kappa shape index (κ2) is 6.08. The SMILES string of the molecule is C/C(=N/O)[C@H]1CC[C@H]2[C@@H]3CCC4=C/C(=N\O)CC[C@]4(C)[C@H]3[C@@H](O)C[C@]12C. The van der Waals surface area contributed by atoms with E-state index in [1.807, 2.05) is 6.92 Å². The molecule has 3 saturated carbocycles. The summed E-state index contributed by atoms with van der Waals surface area (Å²) in [6.07, 6.45) is 8.66. The number of allylic oxidation sites excluding steroid dienone is 2. The zero-order chi connectivity index (χ0) is 18.7. The van der Waals surface area contributed by atoms with Gasteiger partial charge in [-0.15, -0.1) is 0 Å². The van der Waals surface area contributed by atoms with Crippen LogP contribution in [0, 0.1) is 34.5 Å². The van der Waals surface area contributed by atoms with Crippen LogP contribution in [0.1, 0.15) is 65.7 Å². The van der Waals surface area contributed by atoms with E-state index in [-0.39, 0.29) is 28.8 Å². The highest BCUT2D eigenvalue weighted by Crippen LogP contribution is 2.66. The second-order valence-electron chi connectivity index (χ2n) is 9.66. The Morgan fingerprint density at radius 1 is 1.15 bits per heavy atom. The van der Waals surface area contributed by atoms with Crippen molar-refractivity contribution in [3.8, 4) is 0 Å². The van der Waals surface area contributed by atoms with Crippen LogP contribution < -0.4 is 0 Å². The summed E-state index contributed by atoms with van der Waals surface area (Å²) in [5.41, 5.74) is 3.01. The summed E-state index contributed by atoms with van der Waals surface area (Å²) in [5, 5.41) is 36.8. The predicted octanol–water partition coefficient (Wildman–Crippen LogP) is 4.22. The molecular weight excluding hydrogens is 328 g/mol. The third-order valence-corrected chi connectivity index (χ3v) is 8.70. The molecule has 0 spiro atoms. The Kier molecular flexibility index (Phi) is 4.22. The highest BCUT2D eigenvalue weighted by atomic mass is 16.4. The van der Waals surface area contributed by atoms with E-state index in [9.17, 15) is 15.5 Å². The standard InChI is InChI=1S/C21H32N2O3/c1-12(22-25)16-6-7-17-15-5-4-13-10-14(23-26)8-9-20(13,2)19(15)18(24)11-21(16,17)3/h10,15-19,24-26H,4-9,11H2,1-3H3/b22-12-,23-14-/t15-,16+,17-,18-,19+,20-,21+/m0/s1. The molecule has 5 nitrogen and oxygen atoms in total. The normalized spacial score (nSPS) is 50.0. The van der Waals surface area contributed by atoms with Crippen LogP contribution in [0.25, 0.3) is 0 Å². The van der Waals surface area contributed by atoms with Crippen LogP contribution in [-0.4, -0.2) is 33.0 Å². The van der Waals surface area contributed by atoms with E-state index in [0.717, 1.165) is 49.9 Å². The van der Waals surface area contributed by atoms with Crippen molar-refractivity contribution in [3.63, 3.8) is 0 Å². The molecule has 0 aromatic heterocycles. The third kappa shape index (κ3) is 2.32. The van der Waals surface area contributed by atoms with E-state index in [0.29, 0.717) is 11.8 Å². The van der Waals surface area contributed by atoms with E-state index in [1.165, 1.54) is 12.0 Å².